The van der Waals surface area contributed by atoms with Crippen LogP contribution in [0.4, 0.5) is 11.5 Å². The summed E-state index contributed by atoms with van der Waals surface area (Å²) in [6.07, 6.45) is 5.07. The van der Waals surface area contributed by atoms with Crippen molar-refractivity contribution in [1.82, 2.24) is 14.8 Å². The van der Waals surface area contributed by atoms with Crippen LogP contribution >= 0.6 is 0 Å². The molecule has 20 heavy (non-hydrogen) atoms. The van der Waals surface area contributed by atoms with Gasteiger partial charge in [0.15, 0.2) is 0 Å². The number of hydrogen-bond acceptors (Lipinski definition) is 6. The van der Waals surface area contributed by atoms with Gasteiger partial charge in [0.1, 0.15) is 11.4 Å². The number of hydrogen-bond donors (Lipinski definition) is 1. The van der Waals surface area contributed by atoms with Crippen molar-refractivity contribution in [1.29, 1.82) is 0 Å². The summed E-state index contributed by atoms with van der Waals surface area (Å²) in [5, 5.41) is 7.22. The van der Waals surface area contributed by atoms with Gasteiger partial charge in [0.2, 0.25) is 0 Å². The van der Waals surface area contributed by atoms with E-state index in [0.29, 0.717) is 24.5 Å². The molecule has 0 aromatic carbocycles. The second-order valence-electron chi connectivity index (χ2n) is 4.00. The molecule has 2 aromatic rings. The molecule has 106 valence electrons. The number of anilines is 2. The Hall–Kier alpha value is -2.41. The van der Waals surface area contributed by atoms with Crippen LogP contribution in [0.2, 0.25) is 0 Å². The first-order valence-corrected chi connectivity index (χ1v) is 6.06. The molecule has 0 fully saturated rings. The van der Waals surface area contributed by atoms with Gasteiger partial charge in [-0.25, -0.2) is 9.78 Å². The number of rotatable bonds is 6. The number of ether oxygens (including phenoxy) is 2. The molecule has 0 spiro atoms. The highest BCUT2D eigenvalue weighted by atomic mass is 16.5. The van der Waals surface area contributed by atoms with Gasteiger partial charge in [-0.1, -0.05) is 0 Å². The van der Waals surface area contributed by atoms with Gasteiger partial charge in [-0.3, -0.25) is 4.68 Å². The molecule has 0 atom stereocenters. The monoisotopic (exact) mass is 276 g/mol. The lowest BCUT2D eigenvalue weighted by Gasteiger charge is -2.07. The van der Waals surface area contributed by atoms with Gasteiger partial charge in [0, 0.05) is 19.5 Å². The van der Waals surface area contributed by atoms with Crippen LogP contribution in [-0.2, 0) is 16.0 Å². The van der Waals surface area contributed by atoms with Gasteiger partial charge in [-0.15, -0.1) is 0 Å². The lowest BCUT2D eigenvalue weighted by molar-refractivity contribution is 0.0601. The molecule has 7 heteroatoms. The van der Waals surface area contributed by atoms with Gasteiger partial charge in [0.05, 0.1) is 32.1 Å². The lowest BCUT2D eigenvalue weighted by atomic mass is 10.2. The molecule has 7 nitrogen and oxygen atoms in total. The Balaban J connectivity index is 2.13. The van der Waals surface area contributed by atoms with E-state index in [9.17, 15) is 4.79 Å². The summed E-state index contributed by atoms with van der Waals surface area (Å²) in [7, 11) is 2.97. The maximum Gasteiger partial charge on any atom is 0.341 e. The van der Waals surface area contributed by atoms with Crippen molar-refractivity contribution in [3.05, 3.63) is 36.3 Å². The molecule has 2 rings (SSSR count). The highest BCUT2D eigenvalue weighted by Gasteiger charge is 2.13. The minimum absolute atomic E-state index is 0.375. The van der Waals surface area contributed by atoms with E-state index in [0.717, 1.165) is 5.69 Å². The van der Waals surface area contributed by atoms with Crippen molar-refractivity contribution in [2.75, 3.05) is 26.1 Å². The van der Waals surface area contributed by atoms with Crippen LogP contribution in [0.3, 0.4) is 0 Å². The molecule has 0 aliphatic rings. The Morgan fingerprint density at radius 2 is 2.30 bits per heavy atom. The van der Waals surface area contributed by atoms with E-state index in [1.54, 1.807) is 36.3 Å². The molecule has 0 saturated carbocycles. The quantitative estimate of drug-likeness (QED) is 0.805. The zero-order valence-electron chi connectivity index (χ0n) is 11.4. The van der Waals surface area contributed by atoms with Crippen LogP contribution in [0.1, 0.15) is 10.4 Å². The molecular formula is C13H16N4O3. The van der Waals surface area contributed by atoms with Crippen LogP contribution in [-0.4, -0.2) is 41.6 Å². The third-order valence-corrected chi connectivity index (χ3v) is 2.63. The maximum absolute atomic E-state index is 11.6. The standard InChI is InChI=1S/C13H16N4O3/c1-19-7-6-17-9-10(8-15-17)16-12-11(13(18)20-2)4-3-5-14-12/h3-5,8-9H,6-7H2,1-2H3,(H,14,16). The average Bonchev–Trinajstić information content (AvgIpc) is 2.92. The maximum atomic E-state index is 11.6. The number of esters is 1. The first-order chi connectivity index (χ1) is 9.74. The van der Waals surface area contributed by atoms with Crippen molar-refractivity contribution in [2.45, 2.75) is 6.54 Å². The third kappa shape index (κ3) is 3.33. The van der Waals surface area contributed by atoms with Crippen molar-refractivity contribution in [3.63, 3.8) is 0 Å². The van der Waals surface area contributed by atoms with Crippen molar-refractivity contribution in [2.24, 2.45) is 0 Å². The number of aromatic nitrogens is 3. The van der Waals surface area contributed by atoms with Crippen molar-refractivity contribution < 1.29 is 14.3 Å². The molecule has 0 saturated heterocycles. The van der Waals surface area contributed by atoms with E-state index >= 15 is 0 Å². The Labute approximate surface area is 116 Å². The molecule has 2 aromatic heterocycles. The summed E-state index contributed by atoms with van der Waals surface area (Å²) in [5.41, 5.74) is 1.12. The van der Waals surface area contributed by atoms with E-state index in [4.69, 9.17) is 9.47 Å². The summed E-state index contributed by atoms with van der Waals surface area (Å²) >= 11 is 0. The Morgan fingerprint density at radius 1 is 1.45 bits per heavy atom. The summed E-state index contributed by atoms with van der Waals surface area (Å²) in [5.74, 6) is -0.00184. The number of nitrogens with one attached hydrogen (secondary N) is 1. The predicted molar refractivity (Wildman–Crippen MR) is 73.0 cm³/mol. The minimum Gasteiger partial charge on any atom is -0.465 e. The zero-order valence-corrected chi connectivity index (χ0v) is 11.4. The fraction of sp³-hybridized carbons (Fsp3) is 0.308. The van der Waals surface area contributed by atoms with Gasteiger partial charge in [-0.2, -0.15) is 5.10 Å². The summed E-state index contributed by atoms with van der Waals surface area (Å²) < 4.78 is 11.4. The molecule has 2 heterocycles. The molecule has 0 amide bonds. The van der Waals surface area contributed by atoms with E-state index in [-0.39, 0.29) is 0 Å². The number of carbonyl (C=O) groups excluding carboxylic acids is 1. The Bertz CT molecular complexity index is 583. The SMILES string of the molecule is COCCn1cc(Nc2ncccc2C(=O)OC)cn1. The second-order valence-corrected chi connectivity index (χ2v) is 4.00. The fourth-order valence-corrected chi connectivity index (χ4v) is 1.65. The number of pyridine rings is 1. The van der Waals surface area contributed by atoms with E-state index in [2.05, 4.69) is 15.4 Å². The minimum atomic E-state index is -0.438. The van der Waals surface area contributed by atoms with E-state index in [1.165, 1.54) is 7.11 Å². The fourth-order valence-electron chi connectivity index (χ4n) is 1.65. The molecule has 0 radical (unpaired) electrons. The van der Waals surface area contributed by atoms with Crippen LogP contribution < -0.4 is 5.32 Å². The van der Waals surface area contributed by atoms with E-state index in [1.807, 2.05) is 6.20 Å². The molecular weight excluding hydrogens is 260 g/mol. The first-order valence-electron chi connectivity index (χ1n) is 6.06. The molecule has 0 unspecified atom stereocenters. The van der Waals surface area contributed by atoms with Crippen molar-refractivity contribution in [3.8, 4) is 0 Å². The van der Waals surface area contributed by atoms with E-state index < -0.39 is 5.97 Å². The normalized spacial score (nSPS) is 10.3. The third-order valence-electron chi connectivity index (χ3n) is 2.63. The summed E-state index contributed by atoms with van der Waals surface area (Å²) in [6, 6.07) is 3.33. The smallest absolute Gasteiger partial charge is 0.341 e. The topological polar surface area (TPSA) is 78.3 Å². The molecule has 0 aliphatic heterocycles. The highest BCUT2D eigenvalue weighted by molar-refractivity contribution is 5.95. The van der Waals surface area contributed by atoms with Crippen LogP contribution in [0.15, 0.2) is 30.7 Å². The Kier molecular flexibility index (Phi) is 4.67. The van der Waals surface area contributed by atoms with Gasteiger partial charge in [0.25, 0.3) is 0 Å². The molecule has 1 N–H and O–H groups in total. The first kappa shape index (κ1) is 14.0. The van der Waals surface area contributed by atoms with Gasteiger partial charge in [-0.05, 0) is 12.1 Å². The largest absolute Gasteiger partial charge is 0.465 e. The number of nitrogens with zero attached hydrogens (tertiary/aromatic N) is 3. The van der Waals surface area contributed by atoms with Gasteiger partial charge >= 0.3 is 5.97 Å². The lowest BCUT2D eigenvalue weighted by Crippen LogP contribution is -2.07. The predicted octanol–water partition coefficient (Wildman–Crippen LogP) is 1.45. The van der Waals surface area contributed by atoms with Crippen LogP contribution in [0, 0.1) is 0 Å². The molecule has 0 aliphatic carbocycles. The summed E-state index contributed by atoms with van der Waals surface area (Å²) in [4.78, 5) is 15.8. The number of carbonyl (C=O) groups is 1. The van der Waals surface area contributed by atoms with Crippen molar-refractivity contribution >= 4 is 17.5 Å². The Morgan fingerprint density at radius 3 is 3.05 bits per heavy atom. The van der Waals surface area contributed by atoms with Crippen LogP contribution in [0.5, 0.6) is 0 Å². The van der Waals surface area contributed by atoms with Crippen LogP contribution in [0.25, 0.3) is 0 Å². The molecule has 0 bridgehead atoms. The summed E-state index contributed by atoms with van der Waals surface area (Å²) in [6.45, 7) is 1.24. The average molecular weight is 276 g/mol. The number of methoxy groups -OCH3 is 2. The van der Waals surface area contributed by atoms with Gasteiger partial charge < -0.3 is 14.8 Å². The zero-order chi connectivity index (χ0) is 14.4. The highest BCUT2D eigenvalue weighted by Crippen LogP contribution is 2.18. The second kappa shape index (κ2) is 6.67.